The Hall–Kier alpha value is -0.460. The third kappa shape index (κ3) is 4.26. The summed E-state index contributed by atoms with van der Waals surface area (Å²) in [6.07, 6.45) is 2.25. The summed E-state index contributed by atoms with van der Waals surface area (Å²) >= 11 is 1.80. The molecule has 0 aliphatic carbocycles. The van der Waals surface area contributed by atoms with Gasteiger partial charge in [-0.3, -0.25) is 4.99 Å². The predicted molar refractivity (Wildman–Crippen MR) is 79.7 cm³/mol. The van der Waals surface area contributed by atoms with E-state index >= 15 is 0 Å². The van der Waals surface area contributed by atoms with Crippen molar-refractivity contribution in [3.8, 4) is 0 Å². The van der Waals surface area contributed by atoms with E-state index in [0.717, 1.165) is 56.4 Å². The lowest BCUT2D eigenvalue weighted by molar-refractivity contribution is 0.0767. The SMILES string of the molecule is CCNC(=NCC1(O)CCSC1)N1CCC(O)CC1. The van der Waals surface area contributed by atoms with Crippen LogP contribution in [0.25, 0.3) is 0 Å². The highest BCUT2D eigenvalue weighted by Gasteiger charge is 2.32. The molecule has 0 amide bonds. The van der Waals surface area contributed by atoms with Crippen LogP contribution in [0.1, 0.15) is 26.2 Å². The van der Waals surface area contributed by atoms with Crippen LogP contribution >= 0.6 is 11.8 Å². The lowest BCUT2D eigenvalue weighted by Gasteiger charge is -2.33. The first-order valence-corrected chi connectivity index (χ1v) is 8.30. The second kappa shape index (κ2) is 6.81. The van der Waals surface area contributed by atoms with E-state index in [1.54, 1.807) is 11.8 Å². The third-order valence-corrected chi connectivity index (χ3v) is 4.94. The fourth-order valence-corrected chi connectivity index (χ4v) is 3.73. The van der Waals surface area contributed by atoms with E-state index in [1.807, 2.05) is 0 Å². The number of nitrogens with zero attached hydrogens (tertiary/aromatic N) is 2. The Morgan fingerprint density at radius 1 is 1.47 bits per heavy atom. The van der Waals surface area contributed by atoms with E-state index in [2.05, 4.69) is 22.1 Å². The third-order valence-electron chi connectivity index (χ3n) is 3.70. The minimum Gasteiger partial charge on any atom is -0.393 e. The fraction of sp³-hybridized carbons (Fsp3) is 0.923. The quantitative estimate of drug-likeness (QED) is 0.514. The maximum atomic E-state index is 10.3. The summed E-state index contributed by atoms with van der Waals surface area (Å²) in [6.45, 7) is 5.02. The van der Waals surface area contributed by atoms with Gasteiger partial charge in [0.1, 0.15) is 0 Å². The summed E-state index contributed by atoms with van der Waals surface area (Å²) in [5.41, 5.74) is -0.624. The van der Waals surface area contributed by atoms with Gasteiger partial charge in [-0.15, -0.1) is 0 Å². The first-order valence-electron chi connectivity index (χ1n) is 7.14. The maximum absolute atomic E-state index is 10.3. The number of piperidine rings is 1. The van der Waals surface area contributed by atoms with Gasteiger partial charge in [-0.1, -0.05) is 0 Å². The normalized spacial score (nSPS) is 29.8. The van der Waals surface area contributed by atoms with E-state index in [1.165, 1.54) is 0 Å². The zero-order chi connectivity index (χ0) is 13.7. The van der Waals surface area contributed by atoms with Crippen molar-refractivity contribution < 1.29 is 10.2 Å². The van der Waals surface area contributed by atoms with Gasteiger partial charge >= 0.3 is 0 Å². The predicted octanol–water partition coefficient (Wildman–Crippen LogP) is 0.277. The highest BCUT2D eigenvalue weighted by atomic mass is 32.2. The number of thioether (sulfide) groups is 1. The molecule has 5 nitrogen and oxygen atoms in total. The van der Waals surface area contributed by atoms with Gasteiger partial charge in [0, 0.05) is 25.4 Å². The van der Waals surface area contributed by atoms with Crippen LogP contribution in [0.4, 0.5) is 0 Å². The monoisotopic (exact) mass is 287 g/mol. The molecule has 2 rings (SSSR count). The largest absolute Gasteiger partial charge is 0.393 e. The van der Waals surface area contributed by atoms with Crippen molar-refractivity contribution in [2.45, 2.75) is 37.9 Å². The summed E-state index contributed by atoms with van der Waals surface area (Å²) in [5.74, 6) is 2.69. The molecule has 0 aromatic carbocycles. The van der Waals surface area contributed by atoms with Crippen LogP contribution in [-0.2, 0) is 0 Å². The minimum atomic E-state index is -0.624. The second-order valence-electron chi connectivity index (χ2n) is 5.42. The Labute approximate surface area is 119 Å². The molecule has 0 radical (unpaired) electrons. The highest BCUT2D eigenvalue weighted by molar-refractivity contribution is 7.99. The molecule has 19 heavy (non-hydrogen) atoms. The molecule has 0 aromatic heterocycles. The van der Waals surface area contributed by atoms with Crippen LogP contribution < -0.4 is 5.32 Å². The second-order valence-corrected chi connectivity index (χ2v) is 6.52. The van der Waals surface area contributed by atoms with Gasteiger partial charge < -0.3 is 20.4 Å². The van der Waals surface area contributed by atoms with Crippen molar-refractivity contribution in [3.63, 3.8) is 0 Å². The van der Waals surface area contributed by atoms with Crippen LogP contribution in [0, 0.1) is 0 Å². The average Bonchev–Trinajstić information content (AvgIpc) is 2.83. The topological polar surface area (TPSA) is 68.1 Å². The van der Waals surface area contributed by atoms with Gasteiger partial charge in [0.2, 0.25) is 0 Å². The van der Waals surface area contributed by atoms with Gasteiger partial charge in [0.25, 0.3) is 0 Å². The van der Waals surface area contributed by atoms with Crippen molar-refractivity contribution in [3.05, 3.63) is 0 Å². The molecule has 2 heterocycles. The van der Waals surface area contributed by atoms with Crippen molar-refractivity contribution >= 4 is 17.7 Å². The Morgan fingerprint density at radius 2 is 2.21 bits per heavy atom. The van der Waals surface area contributed by atoms with Crippen molar-refractivity contribution in [2.75, 3.05) is 37.7 Å². The number of likely N-dealkylation sites (tertiary alicyclic amines) is 1. The van der Waals surface area contributed by atoms with E-state index < -0.39 is 5.60 Å². The van der Waals surface area contributed by atoms with E-state index in [9.17, 15) is 10.2 Å². The molecule has 2 fully saturated rings. The van der Waals surface area contributed by atoms with Crippen molar-refractivity contribution in [1.29, 1.82) is 0 Å². The first kappa shape index (κ1) is 14.9. The van der Waals surface area contributed by atoms with Gasteiger partial charge in [-0.05, 0) is 31.9 Å². The molecule has 0 bridgehead atoms. The molecule has 2 aliphatic rings. The smallest absolute Gasteiger partial charge is 0.194 e. The average molecular weight is 287 g/mol. The van der Waals surface area contributed by atoms with E-state index in [4.69, 9.17) is 0 Å². The standard InChI is InChI=1S/C13H25N3O2S/c1-2-14-12(16-6-3-11(17)4-7-16)15-9-13(18)5-8-19-10-13/h11,17-18H,2-10H2,1H3,(H,14,15). The van der Waals surface area contributed by atoms with Crippen LogP contribution in [0.2, 0.25) is 0 Å². The molecule has 3 N–H and O–H groups in total. The van der Waals surface area contributed by atoms with Gasteiger partial charge in [0.15, 0.2) is 5.96 Å². The van der Waals surface area contributed by atoms with Crippen molar-refractivity contribution in [1.82, 2.24) is 10.2 Å². The molecule has 0 saturated carbocycles. The van der Waals surface area contributed by atoms with Crippen LogP contribution in [-0.4, -0.2) is 70.5 Å². The number of guanidine groups is 1. The molecule has 110 valence electrons. The molecule has 1 atom stereocenters. The molecular formula is C13H25N3O2S. The van der Waals surface area contributed by atoms with Gasteiger partial charge in [0.05, 0.1) is 18.2 Å². The Kier molecular flexibility index (Phi) is 5.36. The number of aliphatic imine (C=N–C) groups is 1. The number of aliphatic hydroxyl groups excluding tert-OH is 1. The minimum absolute atomic E-state index is 0.172. The van der Waals surface area contributed by atoms with Gasteiger partial charge in [-0.25, -0.2) is 0 Å². The Balaban J connectivity index is 1.94. The van der Waals surface area contributed by atoms with E-state index in [-0.39, 0.29) is 6.10 Å². The first-order chi connectivity index (χ1) is 9.13. The molecule has 1 unspecified atom stereocenters. The number of aliphatic hydroxyl groups is 2. The summed E-state index contributed by atoms with van der Waals surface area (Å²) in [7, 11) is 0. The lowest BCUT2D eigenvalue weighted by atomic mass is 10.0. The van der Waals surface area contributed by atoms with Crippen LogP contribution in [0.15, 0.2) is 4.99 Å². The van der Waals surface area contributed by atoms with E-state index in [0.29, 0.717) is 6.54 Å². The summed E-state index contributed by atoms with van der Waals surface area (Å²) < 4.78 is 0. The van der Waals surface area contributed by atoms with Crippen molar-refractivity contribution in [2.24, 2.45) is 4.99 Å². The molecule has 2 saturated heterocycles. The molecule has 0 aromatic rings. The molecule has 6 heteroatoms. The Bertz CT molecular complexity index is 311. The number of rotatable bonds is 3. The zero-order valence-electron chi connectivity index (χ0n) is 11.6. The zero-order valence-corrected chi connectivity index (χ0v) is 12.5. The molecular weight excluding hydrogens is 262 g/mol. The number of hydrogen-bond acceptors (Lipinski definition) is 4. The maximum Gasteiger partial charge on any atom is 0.194 e. The Morgan fingerprint density at radius 3 is 2.79 bits per heavy atom. The summed E-state index contributed by atoms with van der Waals surface area (Å²) in [5, 5.41) is 23.2. The molecule has 2 aliphatic heterocycles. The van der Waals surface area contributed by atoms with Crippen LogP contribution in [0.5, 0.6) is 0 Å². The highest BCUT2D eigenvalue weighted by Crippen LogP contribution is 2.28. The number of nitrogens with one attached hydrogen (secondary N) is 1. The van der Waals surface area contributed by atoms with Crippen LogP contribution in [0.3, 0.4) is 0 Å². The number of hydrogen-bond donors (Lipinski definition) is 3. The molecule has 0 spiro atoms. The summed E-state index contributed by atoms with van der Waals surface area (Å²) in [6, 6.07) is 0. The van der Waals surface area contributed by atoms with Gasteiger partial charge in [-0.2, -0.15) is 11.8 Å². The lowest BCUT2D eigenvalue weighted by Crippen LogP contribution is -2.47. The summed E-state index contributed by atoms with van der Waals surface area (Å²) in [4.78, 5) is 6.78. The fourth-order valence-electron chi connectivity index (χ4n) is 2.45.